The maximum absolute atomic E-state index is 15.9. The lowest BCUT2D eigenvalue weighted by molar-refractivity contribution is -0.228. The fraction of sp³-hybridized carbons (Fsp3) is 0.409. The number of nitrogens with two attached hydrogens (primary N) is 1. The Labute approximate surface area is 350 Å². The Morgan fingerprint density at radius 1 is 1.03 bits per heavy atom. The minimum absolute atomic E-state index is 0.194. The van der Waals surface area contributed by atoms with E-state index in [1.165, 1.54) is 30.0 Å². The topological polar surface area (TPSA) is 160 Å². The van der Waals surface area contributed by atoms with Gasteiger partial charge in [-0.05, 0) is 72.7 Å². The largest absolute Gasteiger partial charge is 0.490 e. The second-order valence-corrected chi connectivity index (χ2v) is 16.9. The van der Waals surface area contributed by atoms with Crippen molar-refractivity contribution in [3.63, 3.8) is 0 Å². The van der Waals surface area contributed by atoms with Crippen LogP contribution in [0.3, 0.4) is 0 Å². The molecule has 2 saturated heterocycles. The summed E-state index contributed by atoms with van der Waals surface area (Å²) in [6.07, 6.45) is 8.76. The summed E-state index contributed by atoms with van der Waals surface area (Å²) in [6, 6.07) is 16.9. The molecule has 4 fully saturated rings. The number of hydrogen-bond acceptors (Lipinski definition) is 10. The van der Waals surface area contributed by atoms with E-state index >= 15 is 8.78 Å². The van der Waals surface area contributed by atoms with E-state index in [2.05, 4.69) is 20.5 Å². The zero-order valence-electron chi connectivity index (χ0n) is 33.2. The van der Waals surface area contributed by atoms with Crippen LogP contribution in [0.4, 0.5) is 26.0 Å². The number of nitrogens with zero attached hydrogens (tertiary/aromatic N) is 6. The Kier molecular flexibility index (Phi) is 10.4. The van der Waals surface area contributed by atoms with E-state index in [0.29, 0.717) is 65.8 Å². The Morgan fingerprint density at radius 3 is 2.55 bits per heavy atom. The Hall–Kier alpha value is -5.67. The first-order chi connectivity index (χ1) is 28.9. The predicted molar refractivity (Wildman–Crippen MR) is 223 cm³/mol. The van der Waals surface area contributed by atoms with Crippen LogP contribution in [0.5, 0.6) is 5.75 Å². The SMILES string of the molecule is C1CC1.CNc1cc(N2CCc3c(-c4ccc(CN5CC6(CCC(Oc7ccc(Cl)c(C8CCC(=O)NC8=O)c7)CC6(F)F)C5)cn4)cccc32)nn2c(C(N)=O)cnc12. The summed E-state index contributed by atoms with van der Waals surface area (Å²) in [4.78, 5) is 49.4. The fourth-order valence-corrected chi connectivity index (χ4v) is 9.22. The maximum Gasteiger partial charge on any atom is 0.269 e. The van der Waals surface area contributed by atoms with Crippen LogP contribution in [-0.4, -0.2) is 80.9 Å². The molecule has 16 heteroatoms. The van der Waals surface area contributed by atoms with Crippen LogP contribution in [0.1, 0.15) is 84.5 Å². The van der Waals surface area contributed by atoms with Gasteiger partial charge in [-0.25, -0.2) is 18.3 Å². The molecule has 5 aliphatic rings. The summed E-state index contributed by atoms with van der Waals surface area (Å²) in [6.45, 7) is 1.76. The van der Waals surface area contributed by atoms with Crippen LogP contribution in [0.2, 0.25) is 5.02 Å². The number of imide groups is 1. The van der Waals surface area contributed by atoms with E-state index in [-0.39, 0.29) is 31.1 Å². The number of primary amides is 1. The van der Waals surface area contributed by atoms with Crippen molar-refractivity contribution < 1.29 is 27.9 Å². The summed E-state index contributed by atoms with van der Waals surface area (Å²) in [5, 5.41) is 10.6. The number of halogens is 3. The van der Waals surface area contributed by atoms with Gasteiger partial charge in [-0.2, -0.15) is 0 Å². The molecule has 312 valence electrons. The second kappa shape index (κ2) is 15.7. The molecule has 0 bridgehead atoms. The molecule has 2 aliphatic carbocycles. The van der Waals surface area contributed by atoms with Crippen molar-refractivity contribution in [3.8, 4) is 17.0 Å². The van der Waals surface area contributed by atoms with Crippen molar-refractivity contribution in [1.82, 2.24) is 29.8 Å². The van der Waals surface area contributed by atoms with Crippen molar-refractivity contribution in [3.05, 3.63) is 94.4 Å². The third-order valence-corrected chi connectivity index (χ3v) is 12.6. The van der Waals surface area contributed by atoms with Gasteiger partial charge in [-0.3, -0.25) is 29.6 Å². The number of nitrogens with one attached hydrogen (secondary N) is 2. The number of hydrogen-bond donors (Lipinski definition) is 3. The van der Waals surface area contributed by atoms with Crippen molar-refractivity contribution in [2.24, 2.45) is 11.1 Å². The molecule has 2 unspecified atom stereocenters. The van der Waals surface area contributed by atoms with Gasteiger partial charge in [0.05, 0.1) is 28.9 Å². The van der Waals surface area contributed by atoms with Gasteiger partial charge in [-0.1, -0.05) is 49.1 Å². The lowest BCUT2D eigenvalue weighted by Gasteiger charge is -2.57. The van der Waals surface area contributed by atoms with Crippen LogP contribution < -0.4 is 26.0 Å². The average Bonchev–Trinajstić information content (AvgIpc) is 3.93. The lowest BCUT2D eigenvalue weighted by Crippen LogP contribution is -2.66. The highest BCUT2D eigenvalue weighted by molar-refractivity contribution is 6.31. The highest BCUT2D eigenvalue weighted by atomic mass is 35.5. The van der Waals surface area contributed by atoms with Crippen LogP contribution in [-0.2, 0) is 22.6 Å². The van der Waals surface area contributed by atoms with Gasteiger partial charge in [0.25, 0.3) is 11.8 Å². The van der Waals surface area contributed by atoms with Gasteiger partial charge in [0.2, 0.25) is 11.8 Å². The molecular weight excluding hydrogens is 792 g/mol. The van der Waals surface area contributed by atoms with Crippen molar-refractivity contribution in [2.45, 2.75) is 82.3 Å². The number of pyridine rings is 1. The smallest absolute Gasteiger partial charge is 0.269 e. The summed E-state index contributed by atoms with van der Waals surface area (Å²) in [7, 11) is 1.79. The van der Waals surface area contributed by atoms with Crippen LogP contribution in [0, 0.1) is 5.41 Å². The summed E-state index contributed by atoms with van der Waals surface area (Å²) >= 11 is 6.40. The number of carbonyl (C=O) groups is 3. The molecule has 5 aromatic rings. The molecule has 1 spiro atoms. The normalized spacial score (nSPS) is 21.4. The minimum Gasteiger partial charge on any atom is -0.490 e. The molecule has 3 aromatic heterocycles. The highest BCUT2D eigenvalue weighted by Crippen LogP contribution is 2.54. The molecular formula is C44H46ClF2N9O4. The third kappa shape index (κ3) is 7.53. The van der Waals surface area contributed by atoms with Gasteiger partial charge < -0.3 is 20.7 Å². The summed E-state index contributed by atoms with van der Waals surface area (Å²) < 4.78 is 39.3. The fourth-order valence-electron chi connectivity index (χ4n) is 8.97. The van der Waals surface area contributed by atoms with Gasteiger partial charge in [0, 0.05) is 74.6 Å². The zero-order chi connectivity index (χ0) is 41.8. The maximum atomic E-state index is 15.9. The number of alkyl halides is 2. The molecule has 2 aromatic carbocycles. The molecule has 13 nitrogen and oxygen atoms in total. The molecule has 2 saturated carbocycles. The predicted octanol–water partition coefficient (Wildman–Crippen LogP) is 7.04. The Bertz CT molecular complexity index is 2480. The molecule has 0 radical (unpaired) electrons. The van der Waals surface area contributed by atoms with Crippen molar-refractivity contribution in [2.75, 3.05) is 36.9 Å². The molecule has 3 aliphatic heterocycles. The summed E-state index contributed by atoms with van der Waals surface area (Å²) in [5.74, 6) is -3.86. The Morgan fingerprint density at radius 2 is 1.85 bits per heavy atom. The van der Waals surface area contributed by atoms with Crippen molar-refractivity contribution >= 4 is 52.2 Å². The van der Waals surface area contributed by atoms with E-state index in [0.717, 1.165) is 34.5 Å². The molecule has 4 N–H and O–H groups in total. The van der Waals surface area contributed by atoms with Crippen LogP contribution in [0.25, 0.3) is 16.9 Å². The van der Waals surface area contributed by atoms with Gasteiger partial charge in [0.1, 0.15) is 17.5 Å². The van der Waals surface area contributed by atoms with Gasteiger partial charge >= 0.3 is 0 Å². The number of benzene rings is 2. The van der Waals surface area contributed by atoms with E-state index < -0.39 is 41.6 Å². The summed E-state index contributed by atoms with van der Waals surface area (Å²) in [5.41, 5.74) is 11.3. The first-order valence-corrected chi connectivity index (χ1v) is 20.9. The molecule has 60 heavy (non-hydrogen) atoms. The van der Waals surface area contributed by atoms with E-state index in [9.17, 15) is 14.4 Å². The number of fused-ring (bicyclic) bond motifs is 2. The number of carbonyl (C=O) groups excluding carboxylic acids is 3. The minimum atomic E-state index is -2.92. The van der Waals surface area contributed by atoms with Crippen molar-refractivity contribution in [1.29, 1.82) is 0 Å². The number of aromatic nitrogens is 4. The molecule has 2 atom stereocenters. The number of likely N-dealkylation sites (tertiary alicyclic amines) is 1. The second-order valence-electron chi connectivity index (χ2n) is 16.5. The number of amides is 3. The number of ether oxygens (including phenoxy) is 1. The molecule has 10 rings (SSSR count). The number of anilines is 3. The quantitative estimate of drug-likeness (QED) is 0.132. The third-order valence-electron chi connectivity index (χ3n) is 12.3. The first-order valence-electron chi connectivity index (χ1n) is 20.5. The van der Waals surface area contributed by atoms with Gasteiger partial charge in [0.15, 0.2) is 11.5 Å². The van der Waals surface area contributed by atoms with E-state index in [1.807, 2.05) is 47.5 Å². The van der Waals surface area contributed by atoms with Gasteiger partial charge in [-0.15, -0.1) is 5.10 Å². The standard InChI is InChI=1S/C41H40ClF2N9O4.C3H6/c1-46-32-16-35(50-53-34(37(45)55)19-48-38(32)53)52-14-12-27-26(3-2-4-33(27)52)31-9-5-23(18-47-31)20-51-21-40(22-51)13-11-25(17-41(40,43)44)57-24-6-8-30(42)29(15-24)28-7-10-36(54)49-39(28)56;1-2-3-1/h2-6,8-9,15-16,18-19,25,28,46H,7,10-14,17,20-22H2,1H3,(H2,45,55)(H,49,54,56);1-3H2. The molecule has 3 amide bonds. The number of piperidine rings is 1. The average molecular weight is 838 g/mol. The van der Waals surface area contributed by atoms with Crippen LogP contribution in [0.15, 0.2) is 67.0 Å². The van der Waals surface area contributed by atoms with E-state index in [1.54, 1.807) is 25.2 Å². The monoisotopic (exact) mass is 837 g/mol. The Balaban J connectivity index is 0.00000148. The van der Waals surface area contributed by atoms with E-state index in [4.69, 9.17) is 32.2 Å². The number of rotatable bonds is 9. The highest BCUT2D eigenvalue weighted by Gasteiger charge is 2.62. The first kappa shape index (κ1) is 39.8. The van der Waals surface area contributed by atoms with Crippen LogP contribution >= 0.6 is 11.6 Å². The zero-order valence-corrected chi connectivity index (χ0v) is 34.0. The lowest BCUT2D eigenvalue weighted by atomic mass is 9.65. The number of imidazole rings is 1. The molecule has 6 heterocycles.